The first-order chi connectivity index (χ1) is 13.5. The second-order valence-electron chi connectivity index (χ2n) is 6.02. The quantitative estimate of drug-likeness (QED) is 0.487. The molecular formula is C22H18ClN3O2. The number of hydrogen-bond acceptors (Lipinski definition) is 3. The van der Waals surface area contributed by atoms with Crippen LogP contribution in [-0.2, 0) is 0 Å². The summed E-state index contributed by atoms with van der Waals surface area (Å²) in [4.78, 5) is 24.3. The largest absolute Gasteiger partial charge is 0.322 e. The third-order valence-corrected chi connectivity index (χ3v) is 4.37. The summed E-state index contributed by atoms with van der Waals surface area (Å²) in [7, 11) is 0. The van der Waals surface area contributed by atoms with Crippen LogP contribution in [0.2, 0.25) is 5.02 Å². The first-order valence-corrected chi connectivity index (χ1v) is 8.98. The smallest absolute Gasteiger partial charge is 0.271 e. The lowest BCUT2D eigenvalue weighted by Crippen LogP contribution is -2.19. The van der Waals surface area contributed by atoms with E-state index in [1.54, 1.807) is 67.6 Å². The fraction of sp³-hybridized carbons (Fsp3) is 0.0455. The molecule has 3 aromatic carbocycles. The molecule has 3 aromatic rings. The lowest BCUT2D eigenvalue weighted by Gasteiger charge is -2.08. The third-order valence-electron chi connectivity index (χ3n) is 4.04. The maximum absolute atomic E-state index is 12.3. The first-order valence-electron chi connectivity index (χ1n) is 8.60. The summed E-state index contributed by atoms with van der Waals surface area (Å²) in [5.74, 6) is -0.553. The zero-order valence-electron chi connectivity index (χ0n) is 15.1. The summed E-state index contributed by atoms with van der Waals surface area (Å²) in [5.41, 5.74) is 5.59. The van der Waals surface area contributed by atoms with Gasteiger partial charge in [-0.2, -0.15) is 5.10 Å². The highest BCUT2D eigenvalue weighted by atomic mass is 35.5. The number of hydrogen-bond donors (Lipinski definition) is 2. The number of hydrazone groups is 1. The molecule has 0 unspecified atom stereocenters. The molecule has 3 rings (SSSR count). The van der Waals surface area contributed by atoms with Crippen molar-refractivity contribution in [1.82, 2.24) is 5.43 Å². The van der Waals surface area contributed by atoms with Crippen molar-refractivity contribution in [2.45, 2.75) is 6.92 Å². The topological polar surface area (TPSA) is 70.6 Å². The minimum atomic E-state index is -0.279. The van der Waals surface area contributed by atoms with Gasteiger partial charge in [0.25, 0.3) is 11.8 Å². The molecule has 0 saturated heterocycles. The van der Waals surface area contributed by atoms with Crippen LogP contribution in [0.1, 0.15) is 33.2 Å². The molecule has 0 spiro atoms. The Morgan fingerprint density at radius 2 is 1.43 bits per heavy atom. The van der Waals surface area contributed by atoms with E-state index in [2.05, 4.69) is 15.8 Å². The molecule has 2 N–H and O–H groups in total. The van der Waals surface area contributed by atoms with Crippen molar-refractivity contribution in [3.63, 3.8) is 0 Å². The highest BCUT2D eigenvalue weighted by Gasteiger charge is 2.10. The zero-order valence-corrected chi connectivity index (χ0v) is 15.9. The second kappa shape index (κ2) is 8.97. The number of benzene rings is 3. The number of nitrogens with zero attached hydrogens (tertiary/aromatic N) is 1. The van der Waals surface area contributed by atoms with E-state index in [1.807, 2.05) is 18.2 Å². The average Bonchev–Trinajstić information content (AvgIpc) is 2.73. The van der Waals surface area contributed by atoms with Crippen LogP contribution in [0.4, 0.5) is 5.69 Å². The molecule has 0 atom stereocenters. The highest BCUT2D eigenvalue weighted by Crippen LogP contribution is 2.17. The molecular weight excluding hydrogens is 374 g/mol. The van der Waals surface area contributed by atoms with E-state index in [4.69, 9.17) is 11.6 Å². The van der Waals surface area contributed by atoms with Crippen LogP contribution in [0.25, 0.3) is 0 Å². The average molecular weight is 392 g/mol. The van der Waals surface area contributed by atoms with E-state index in [1.165, 1.54) is 0 Å². The van der Waals surface area contributed by atoms with E-state index < -0.39 is 0 Å². The first kappa shape index (κ1) is 19.3. The van der Waals surface area contributed by atoms with Crippen LogP contribution in [0.15, 0.2) is 84.0 Å². The maximum Gasteiger partial charge on any atom is 0.271 e. The molecule has 0 radical (unpaired) electrons. The summed E-state index contributed by atoms with van der Waals surface area (Å²) >= 11 is 6.05. The Balaban J connectivity index is 1.64. The number of rotatable bonds is 5. The van der Waals surface area contributed by atoms with E-state index in [0.717, 1.165) is 5.56 Å². The number of carbonyl (C=O) groups is 2. The molecule has 5 nitrogen and oxygen atoms in total. The Morgan fingerprint density at radius 1 is 0.786 bits per heavy atom. The van der Waals surface area contributed by atoms with Crippen molar-refractivity contribution in [3.05, 3.63) is 101 Å². The zero-order chi connectivity index (χ0) is 19.9. The monoisotopic (exact) mass is 391 g/mol. The fourth-order valence-corrected chi connectivity index (χ4v) is 2.71. The number of anilines is 1. The summed E-state index contributed by atoms with van der Waals surface area (Å²) in [6.07, 6.45) is 0. The molecule has 0 heterocycles. The molecule has 0 aromatic heterocycles. The van der Waals surface area contributed by atoms with E-state index in [0.29, 0.717) is 27.5 Å². The molecule has 6 heteroatoms. The number of nitrogens with one attached hydrogen (secondary N) is 2. The van der Waals surface area contributed by atoms with Crippen LogP contribution in [-0.4, -0.2) is 17.5 Å². The van der Waals surface area contributed by atoms with Crippen LogP contribution in [0.5, 0.6) is 0 Å². The van der Waals surface area contributed by atoms with Crippen LogP contribution in [0, 0.1) is 0 Å². The molecule has 0 aliphatic rings. The van der Waals surface area contributed by atoms with Gasteiger partial charge in [-0.05, 0) is 48.9 Å². The van der Waals surface area contributed by atoms with E-state index in [-0.39, 0.29) is 11.8 Å². The highest BCUT2D eigenvalue weighted by molar-refractivity contribution is 6.34. The Kier molecular flexibility index (Phi) is 6.19. The van der Waals surface area contributed by atoms with Crippen molar-refractivity contribution in [2.75, 3.05) is 5.32 Å². The molecule has 0 aliphatic heterocycles. The van der Waals surface area contributed by atoms with Crippen molar-refractivity contribution >= 4 is 34.8 Å². The fourth-order valence-electron chi connectivity index (χ4n) is 2.49. The summed E-state index contributed by atoms with van der Waals surface area (Å²) in [5, 5.41) is 7.33. The predicted octanol–water partition coefficient (Wildman–Crippen LogP) is 4.75. The Hall–Kier alpha value is -3.44. The van der Waals surface area contributed by atoms with Gasteiger partial charge in [0.15, 0.2) is 0 Å². The van der Waals surface area contributed by atoms with Gasteiger partial charge in [-0.3, -0.25) is 9.59 Å². The van der Waals surface area contributed by atoms with Crippen molar-refractivity contribution in [1.29, 1.82) is 0 Å². The number of amides is 2. The van der Waals surface area contributed by atoms with Gasteiger partial charge in [-0.1, -0.05) is 54.1 Å². The van der Waals surface area contributed by atoms with Crippen molar-refractivity contribution in [2.24, 2.45) is 5.10 Å². The van der Waals surface area contributed by atoms with Gasteiger partial charge in [-0.15, -0.1) is 0 Å². The maximum atomic E-state index is 12.3. The van der Waals surface area contributed by atoms with Crippen LogP contribution >= 0.6 is 11.6 Å². The number of halogens is 1. The van der Waals surface area contributed by atoms with Gasteiger partial charge < -0.3 is 5.32 Å². The Morgan fingerprint density at radius 3 is 2.11 bits per heavy atom. The second-order valence-corrected chi connectivity index (χ2v) is 6.42. The summed E-state index contributed by atoms with van der Waals surface area (Å²) in [6.45, 7) is 1.79. The number of carbonyl (C=O) groups excluding carboxylic acids is 2. The normalized spacial score (nSPS) is 11.0. The standard InChI is InChI=1S/C22H18ClN3O2/c1-15(25-26-21(27)17-7-3-2-4-8-17)16-11-13-18(14-12-16)24-22(28)19-9-5-6-10-20(19)23/h2-14H,1H3,(H,24,28)(H,26,27). The van der Waals surface area contributed by atoms with Crippen molar-refractivity contribution < 1.29 is 9.59 Å². The molecule has 0 saturated carbocycles. The van der Waals surface area contributed by atoms with Gasteiger partial charge in [0, 0.05) is 11.3 Å². The van der Waals surface area contributed by atoms with Gasteiger partial charge in [0.2, 0.25) is 0 Å². The molecule has 0 bridgehead atoms. The van der Waals surface area contributed by atoms with Crippen LogP contribution in [0.3, 0.4) is 0 Å². The van der Waals surface area contributed by atoms with Crippen molar-refractivity contribution in [3.8, 4) is 0 Å². The molecule has 0 fully saturated rings. The minimum Gasteiger partial charge on any atom is -0.322 e. The van der Waals surface area contributed by atoms with E-state index in [9.17, 15) is 9.59 Å². The lowest BCUT2D eigenvalue weighted by atomic mass is 10.1. The molecule has 140 valence electrons. The minimum absolute atomic E-state index is 0.274. The van der Waals surface area contributed by atoms with Gasteiger partial charge >= 0.3 is 0 Å². The third kappa shape index (κ3) is 4.84. The lowest BCUT2D eigenvalue weighted by molar-refractivity contribution is 0.0954. The molecule has 28 heavy (non-hydrogen) atoms. The summed E-state index contributed by atoms with van der Waals surface area (Å²) < 4.78 is 0. The summed E-state index contributed by atoms with van der Waals surface area (Å²) in [6, 6.07) is 22.9. The van der Waals surface area contributed by atoms with Gasteiger partial charge in [-0.25, -0.2) is 5.43 Å². The van der Waals surface area contributed by atoms with Crippen LogP contribution < -0.4 is 10.7 Å². The van der Waals surface area contributed by atoms with E-state index >= 15 is 0 Å². The van der Waals surface area contributed by atoms with Gasteiger partial charge in [0.1, 0.15) is 0 Å². The van der Waals surface area contributed by atoms with Gasteiger partial charge in [0.05, 0.1) is 16.3 Å². The molecule has 0 aliphatic carbocycles. The Labute approximate surface area is 168 Å². The Bertz CT molecular complexity index is 1020. The predicted molar refractivity (Wildman–Crippen MR) is 112 cm³/mol. The molecule has 2 amide bonds. The SMILES string of the molecule is CC(=NNC(=O)c1ccccc1)c1ccc(NC(=O)c2ccccc2Cl)cc1.